The Morgan fingerprint density at radius 3 is 2.48 bits per heavy atom. The molecule has 0 spiro atoms. The fourth-order valence-electron chi connectivity index (χ4n) is 4.86. The molecule has 0 aliphatic heterocycles. The molecule has 0 aromatic heterocycles. The highest BCUT2D eigenvalue weighted by Crippen LogP contribution is 2.32. The van der Waals surface area contributed by atoms with E-state index in [1.165, 1.54) is 13.5 Å². The third-order valence-electron chi connectivity index (χ3n) is 6.95. The number of hydrogen-bond donors (Lipinski definition) is 4. The van der Waals surface area contributed by atoms with Gasteiger partial charge in [0.1, 0.15) is 11.9 Å². The molecule has 1 saturated carbocycles. The van der Waals surface area contributed by atoms with Gasteiger partial charge in [0.15, 0.2) is 0 Å². The number of benzene rings is 3. The normalized spacial score (nSPS) is 13.4. The summed E-state index contributed by atoms with van der Waals surface area (Å²) in [5.41, 5.74) is 4.57. The van der Waals surface area contributed by atoms with Gasteiger partial charge in [0.05, 0.1) is 30.1 Å². The van der Waals surface area contributed by atoms with Crippen molar-refractivity contribution < 1.29 is 24.2 Å². The number of halogens is 1. The Bertz CT molecular complexity index is 1300. The number of rotatable bonds is 10. The van der Waals surface area contributed by atoms with Gasteiger partial charge < -0.3 is 25.2 Å². The number of ether oxygens (including phenoxy) is 2. The summed E-state index contributed by atoms with van der Waals surface area (Å²) in [4.78, 5) is 25.2. The van der Waals surface area contributed by atoms with Crippen molar-refractivity contribution in [2.75, 3.05) is 24.3 Å². The largest absolute Gasteiger partial charge is 0.496 e. The van der Waals surface area contributed by atoms with E-state index in [0.29, 0.717) is 47.1 Å². The first-order valence-corrected chi connectivity index (χ1v) is 14.0. The molecular formula is C31H36ClN3O5. The molecule has 0 radical (unpaired) electrons. The minimum absolute atomic E-state index is 0.0297. The van der Waals surface area contributed by atoms with Gasteiger partial charge in [-0.2, -0.15) is 0 Å². The van der Waals surface area contributed by atoms with Crippen LogP contribution in [0.25, 0.3) is 11.1 Å². The van der Waals surface area contributed by atoms with Crippen LogP contribution < -0.4 is 20.7 Å². The van der Waals surface area contributed by atoms with Crippen molar-refractivity contribution in [2.24, 2.45) is 0 Å². The average Bonchev–Trinajstić information content (AvgIpc) is 2.97. The molecule has 4 N–H and O–H groups in total. The van der Waals surface area contributed by atoms with E-state index in [4.69, 9.17) is 21.1 Å². The third-order valence-corrected chi connectivity index (χ3v) is 7.26. The number of methoxy groups -OCH3 is 1. The lowest BCUT2D eigenvalue weighted by Gasteiger charge is -2.22. The van der Waals surface area contributed by atoms with Crippen LogP contribution in [0.2, 0.25) is 5.02 Å². The van der Waals surface area contributed by atoms with Gasteiger partial charge in [-0.1, -0.05) is 60.5 Å². The van der Waals surface area contributed by atoms with Crippen LogP contribution in [0.4, 0.5) is 21.0 Å². The molecule has 3 aromatic rings. The fraction of sp³-hybridized carbons (Fsp3) is 0.355. The molecule has 3 aromatic carbocycles. The van der Waals surface area contributed by atoms with Crippen molar-refractivity contribution in [1.82, 2.24) is 5.32 Å². The molecule has 1 fully saturated rings. The molecule has 0 atom stereocenters. The standard InChI is InChI=1S/C31H36ClN3O5/c1-39-29-19-28(26(32)18-23(29)20-36)34-30(37)33-16-8-9-21-14-15-25(22-10-4-2-5-11-22)27(17-21)35-31(38)40-24-12-6-3-7-13-24/h2,4-5,10-11,14-15,17-19,24,36H,3,6-9,12-13,16,20H2,1H3,(H,35,38)(H2,33,34,37). The monoisotopic (exact) mass is 565 g/mol. The van der Waals surface area contributed by atoms with Crippen molar-refractivity contribution in [3.05, 3.63) is 76.8 Å². The van der Waals surface area contributed by atoms with Gasteiger partial charge in [0, 0.05) is 23.7 Å². The Labute approximate surface area is 240 Å². The van der Waals surface area contributed by atoms with E-state index in [1.54, 1.807) is 12.1 Å². The minimum Gasteiger partial charge on any atom is -0.496 e. The number of nitrogens with one attached hydrogen (secondary N) is 3. The first-order chi connectivity index (χ1) is 19.5. The van der Waals surface area contributed by atoms with Gasteiger partial charge in [-0.05, 0) is 61.8 Å². The Morgan fingerprint density at radius 1 is 0.975 bits per heavy atom. The van der Waals surface area contributed by atoms with E-state index in [0.717, 1.165) is 42.4 Å². The molecule has 4 rings (SSSR count). The molecule has 0 bridgehead atoms. The van der Waals surface area contributed by atoms with Crippen molar-refractivity contribution in [1.29, 1.82) is 0 Å². The maximum absolute atomic E-state index is 12.7. The summed E-state index contributed by atoms with van der Waals surface area (Å²) >= 11 is 6.24. The van der Waals surface area contributed by atoms with E-state index in [9.17, 15) is 14.7 Å². The predicted octanol–water partition coefficient (Wildman–Crippen LogP) is 7.14. The van der Waals surface area contributed by atoms with E-state index in [-0.39, 0.29) is 12.7 Å². The Kier molecular flexibility index (Phi) is 10.7. The predicted molar refractivity (Wildman–Crippen MR) is 158 cm³/mol. The first kappa shape index (κ1) is 29.2. The van der Waals surface area contributed by atoms with Gasteiger partial charge in [0.2, 0.25) is 0 Å². The lowest BCUT2D eigenvalue weighted by atomic mass is 9.98. The highest BCUT2D eigenvalue weighted by molar-refractivity contribution is 6.33. The maximum atomic E-state index is 12.7. The van der Waals surface area contributed by atoms with Crippen LogP contribution in [0.1, 0.15) is 49.7 Å². The maximum Gasteiger partial charge on any atom is 0.411 e. The van der Waals surface area contributed by atoms with Gasteiger partial charge in [-0.25, -0.2) is 9.59 Å². The molecule has 0 saturated heterocycles. The number of aryl methyl sites for hydroxylation is 1. The Morgan fingerprint density at radius 2 is 1.75 bits per heavy atom. The fourth-order valence-corrected chi connectivity index (χ4v) is 5.09. The summed E-state index contributed by atoms with van der Waals surface area (Å²) in [5.74, 6) is 0.438. The average molecular weight is 566 g/mol. The summed E-state index contributed by atoms with van der Waals surface area (Å²) in [6.45, 7) is 0.211. The van der Waals surface area contributed by atoms with Crippen molar-refractivity contribution >= 4 is 35.1 Å². The molecule has 3 amide bonds. The van der Waals surface area contributed by atoms with Crippen LogP contribution in [0.15, 0.2) is 60.7 Å². The van der Waals surface area contributed by atoms with Crippen LogP contribution in [-0.2, 0) is 17.8 Å². The zero-order valence-electron chi connectivity index (χ0n) is 22.7. The van der Waals surface area contributed by atoms with Crippen LogP contribution in [0.5, 0.6) is 5.75 Å². The van der Waals surface area contributed by atoms with Crippen molar-refractivity contribution in [2.45, 2.75) is 57.7 Å². The number of aliphatic hydroxyl groups is 1. The van der Waals surface area contributed by atoms with Crippen LogP contribution in [0, 0.1) is 0 Å². The van der Waals surface area contributed by atoms with E-state index in [2.05, 4.69) is 16.0 Å². The minimum atomic E-state index is -0.429. The molecule has 40 heavy (non-hydrogen) atoms. The molecule has 212 valence electrons. The lowest BCUT2D eigenvalue weighted by molar-refractivity contribution is 0.0865. The molecule has 0 heterocycles. The topological polar surface area (TPSA) is 109 Å². The molecule has 0 unspecified atom stereocenters. The second kappa shape index (κ2) is 14.6. The van der Waals surface area contributed by atoms with Gasteiger partial charge >= 0.3 is 12.1 Å². The van der Waals surface area contributed by atoms with Gasteiger partial charge in [-0.3, -0.25) is 5.32 Å². The van der Waals surface area contributed by atoms with Crippen molar-refractivity contribution in [3.63, 3.8) is 0 Å². The van der Waals surface area contributed by atoms with Crippen LogP contribution in [0.3, 0.4) is 0 Å². The van der Waals surface area contributed by atoms with Crippen LogP contribution in [-0.4, -0.2) is 37.0 Å². The van der Waals surface area contributed by atoms with Gasteiger partial charge in [0.25, 0.3) is 0 Å². The summed E-state index contributed by atoms with van der Waals surface area (Å²) in [6.07, 6.45) is 6.11. The number of carbonyl (C=O) groups is 2. The highest BCUT2D eigenvalue weighted by atomic mass is 35.5. The zero-order chi connectivity index (χ0) is 28.3. The zero-order valence-corrected chi connectivity index (χ0v) is 23.4. The number of amides is 3. The number of urea groups is 1. The smallest absolute Gasteiger partial charge is 0.411 e. The van der Waals surface area contributed by atoms with Crippen molar-refractivity contribution in [3.8, 4) is 16.9 Å². The van der Waals surface area contributed by atoms with E-state index >= 15 is 0 Å². The summed E-state index contributed by atoms with van der Waals surface area (Å²) in [6, 6.07) is 18.7. The molecule has 9 heteroatoms. The molecule has 1 aliphatic rings. The molecule has 1 aliphatic carbocycles. The van der Waals surface area contributed by atoms with E-state index < -0.39 is 12.1 Å². The number of anilines is 2. The number of hydrogen-bond acceptors (Lipinski definition) is 5. The van der Waals surface area contributed by atoms with E-state index in [1.807, 2.05) is 48.5 Å². The quantitative estimate of drug-likeness (QED) is 0.195. The second-order valence-corrected chi connectivity index (χ2v) is 10.2. The third kappa shape index (κ3) is 8.13. The lowest BCUT2D eigenvalue weighted by Crippen LogP contribution is -2.29. The Balaban J connectivity index is 1.35. The Hall–Kier alpha value is -3.75. The summed E-state index contributed by atoms with van der Waals surface area (Å²) in [5, 5.41) is 18.3. The van der Waals surface area contributed by atoms with Gasteiger partial charge in [-0.15, -0.1) is 0 Å². The first-order valence-electron chi connectivity index (χ1n) is 13.6. The highest BCUT2D eigenvalue weighted by Gasteiger charge is 2.19. The summed E-state index contributed by atoms with van der Waals surface area (Å²) < 4.78 is 10.9. The second-order valence-electron chi connectivity index (χ2n) is 9.82. The number of aliphatic hydroxyl groups excluding tert-OH is 1. The SMILES string of the molecule is COc1cc(NC(=O)NCCCc2ccc(-c3ccccc3)c(NC(=O)OC3CCCCC3)c2)c(Cl)cc1CO. The number of carbonyl (C=O) groups excluding carboxylic acids is 2. The molecule has 8 nitrogen and oxygen atoms in total. The van der Waals surface area contributed by atoms with Crippen LogP contribution >= 0.6 is 11.6 Å². The molecular weight excluding hydrogens is 530 g/mol. The summed E-state index contributed by atoms with van der Waals surface area (Å²) in [7, 11) is 1.49.